The molecule has 0 bridgehead atoms. The van der Waals surface area contributed by atoms with Gasteiger partial charge in [0.1, 0.15) is 11.3 Å². The smallest absolute Gasteiger partial charge is 0.313 e. The summed E-state index contributed by atoms with van der Waals surface area (Å²) >= 11 is 12.0. The Labute approximate surface area is 223 Å². The molecule has 4 rings (SSSR count). The Morgan fingerprint density at radius 3 is 2.03 bits per heavy atom. The molecule has 3 aromatic rings. The minimum atomic E-state index is -0.704. The first kappa shape index (κ1) is 26.4. The van der Waals surface area contributed by atoms with Crippen molar-refractivity contribution in [3.63, 3.8) is 0 Å². The van der Waals surface area contributed by atoms with Crippen molar-refractivity contribution in [1.82, 2.24) is 15.6 Å². The summed E-state index contributed by atoms with van der Waals surface area (Å²) in [7, 11) is 0. The van der Waals surface area contributed by atoms with E-state index in [0.29, 0.717) is 22.9 Å². The minimum Gasteiger partial charge on any atom is -0.466 e. The summed E-state index contributed by atoms with van der Waals surface area (Å²) in [4.78, 5) is 53.3. The van der Waals surface area contributed by atoms with Crippen LogP contribution in [0.3, 0.4) is 0 Å². The molecule has 1 aromatic heterocycles. The van der Waals surface area contributed by atoms with Crippen LogP contribution in [0.1, 0.15) is 57.8 Å². The maximum atomic E-state index is 13.1. The molecule has 1 fully saturated rings. The van der Waals surface area contributed by atoms with E-state index in [0.717, 1.165) is 17.2 Å². The van der Waals surface area contributed by atoms with Crippen molar-refractivity contribution in [3.05, 3.63) is 103 Å². The predicted molar refractivity (Wildman–Crippen MR) is 140 cm³/mol. The maximum absolute atomic E-state index is 13.1. The molecular weight excluding hydrogens is 517 g/mol. The summed E-state index contributed by atoms with van der Waals surface area (Å²) in [6, 6.07) is 14.4. The highest BCUT2D eigenvalue weighted by Crippen LogP contribution is 2.46. The van der Waals surface area contributed by atoms with Crippen LogP contribution >= 0.6 is 23.2 Å². The molecule has 8 nitrogen and oxygen atoms in total. The third kappa shape index (κ3) is 6.21. The van der Waals surface area contributed by atoms with Crippen molar-refractivity contribution in [2.75, 3.05) is 13.2 Å². The quantitative estimate of drug-likeness (QED) is 0.349. The lowest BCUT2D eigenvalue weighted by molar-refractivity contribution is -0.149. The molecule has 0 aliphatic heterocycles. The number of halogens is 2. The predicted octanol–water partition coefficient (Wildman–Crippen LogP) is 4.27. The standard InChI is InChI=1S/C27H25Cl2N3O5/c1-2-37-26(36)27(11-12-27)15-31-25(35)21-13-22(33)20(14-30-21)24(34)32-23(16-3-7-18(28)8-4-16)17-5-9-19(29)10-6-17/h3-10,13-14,23H,2,11-12,15H2,1H3,(H,30,33)(H,31,35)(H,32,34). The number of aromatic amines is 1. The van der Waals surface area contributed by atoms with E-state index in [9.17, 15) is 19.2 Å². The van der Waals surface area contributed by atoms with E-state index in [1.165, 1.54) is 6.20 Å². The summed E-state index contributed by atoms with van der Waals surface area (Å²) in [6.45, 7) is 2.10. The van der Waals surface area contributed by atoms with E-state index in [-0.39, 0.29) is 30.4 Å². The zero-order valence-corrected chi connectivity index (χ0v) is 21.5. The van der Waals surface area contributed by atoms with Crippen molar-refractivity contribution < 1.29 is 19.1 Å². The van der Waals surface area contributed by atoms with Gasteiger partial charge in [0, 0.05) is 28.9 Å². The van der Waals surface area contributed by atoms with Gasteiger partial charge in [-0.15, -0.1) is 0 Å². The van der Waals surface area contributed by atoms with Gasteiger partial charge in [-0.05, 0) is 55.2 Å². The fourth-order valence-corrected chi connectivity index (χ4v) is 4.14. The number of esters is 1. The normalized spacial score (nSPS) is 13.6. The lowest BCUT2D eigenvalue weighted by Gasteiger charge is -2.20. The number of benzene rings is 2. The second-order valence-corrected chi connectivity index (χ2v) is 9.69. The number of ether oxygens (including phenoxy) is 1. The van der Waals surface area contributed by atoms with Crippen LogP contribution in [0.15, 0.2) is 65.6 Å². The zero-order chi connectivity index (χ0) is 26.6. The molecule has 1 aliphatic carbocycles. The van der Waals surface area contributed by atoms with E-state index in [1.54, 1.807) is 55.5 Å². The van der Waals surface area contributed by atoms with Crippen LogP contribution in [0.4, 0.5) is 0 Å². The molecule has 3 N–H and O–H groups in total. The fraction of sp³-hybridized carbons (Fsp3) is 0.259. The van der Waals surface area contributed by atoms with Crippen LogP contribution < -0.4 is 16.1 Å². The number of H-pyrrole nitrogens is 1. The van der Waals surface area contributed by atoms with Crippen molar-refractivity contribution >= 4 is 41.0 Å². The average molecular weight is 542 g/mol. The molecule has 2 aromatic carbocycles. The van der Waals surface area contributed by atoms with Crippen LogP contribution in [-0.4, -0.2) is 35.9 Å². The van der Waals surface area contributed by atoms with Gasteiger partial charge in [0.15, 0.2) is 5.43 Å². The molecule has 10 heteroatoms. The maximum Gasteiger partial charge on any atom is 0.313 e. The third-order valence-electron chi connectivity index (χ3n) is 6.23. The number of amides is 2. The van der Waals surface area contributed by atoms with Gasteiger partial charge in [-0.2, -0.15) is 0 Å². The van der Waals surface area contributed by atoms with Crippen molar-refractivity contribution in [2.45, 2.75) is 25.8 Å². The Kier molecular flexibility index (Phi) is 8.00. The number of carbonyl (C=O) groups excluding carboxylic acids is 3. The van der Waals surface area contributed by atoms with E-state index in [2.05, 4.69) is 15.6 Å². The molecule has 1 heterocycles. The van der Waals surface area contributed by atoms with Crippen molar-refractivity contribution in [3.8, 4) is 0 Å². The number of hydrogen-bond donors (Lipinski definition) is 3. The van der Waals surface area contributed by atoms with Gasteiger partial charge in [-0.1, -0.05) is 47.5 Å². The number of nitrogens with one attached hydrogen (secondary N) is 3. The Balaban J connectivity index is 1.49. The third-order valence-corrected chi connectivity index (χ3v) is 6.74. The number of aromatic nitrogens is 1. The first-order chi connectivity index (χ1) is 17.7. The highest BCUT2D eigenvalue weighted by molar-refractivity contribution is 6.30. The van der Waals surface area contributed by atoms with E-state index in [1.807, 2.05) is 0 Å². The fourth-order valence-electron chi connectivity index (χ4n) is 3.89. The Morgan fingerprint density at radius 2 is 1.54 bits per heavy atom. The van der Waals surface area contributed by atoms with Gasteiger partial charge >= 0.3 is 5.97 Å². The largest absolute Gasteiger partial charge is 0.466 e. The monoisotopic (exact) mass is 541 g/mol. The molecule has 37 heavy (non-hydrogen) atoms. The zero-order valence-electron chi connectivity index (χ0n) is 20.0. The molecule has 192 valence electrons. The summed E-state index contributed by atoms with van der Waals surface area (Å²) in [5.74, 6) is -1.52. The number of rotatable bonds is 9. The highest BCUT2D eigenvalue weighted by atomic mass is 35.5. The van der Waals surface area contributed by atoms with Crippen LogP contribution in [0, 0.1) is 5.41 Å². The van der Waals surface area contributed by atoms with Gasteiger partial charge in [-0.3, -0.25) is 19.2 Å². The first-order valence-electron chi connectivity index (χ1n) is 11.7. The summed E-state index contributed by atoms with van der Waals surface area (Å²) < 4.78 is 5.07. The summed E-state index contributed by atoms with van der Waals surface area (Å²) in [5, 5.41) is 6.64. The van der Waals surface area contributed by atoms with Crippen LogP contribution in [0.25, 0.3) is 0 Å². The molecule has 0 unspecified atom stereocenters. The molecule has 0 saturated heterocycles. The van der Waals surface area contributed by atoms with Gasteiger partial charge in [0.05, 0.1) is 18.1 Å². The van der Waals surface area contributed by atoms with Crippen molar-refractivity contribution in [1.29, 1.82) is 0 Å². The van der Waals surface area contributed by atoms with E-state index >= 15 is 0 Å². The van der Waals surface area contributed by atoms with Gasteiger partial charge in [-0.25, -0.2) is 0 Å². The Morgan fingerprint density at radius 1 is 0.973 bits per heavy atom. The molecule has 2 amide bonds. The molecule has 1 aliphatic rings. The van der Waals surface area contributed by atoms with E-state index in [4.69, 9.17) is 27.9 Å². The van der Waals surface area contributed by atoms with Crippen molar-refractivity contribution in [2.24, 2.45) is 5.41 Å². The molecule has 0 radical (unpaired) electrons. The number of carbonyl (C=O) groups is 3. The SMILES string of the molecule is CCOC(=O)C1(CNC(=O)c2cc(=O)c(C(=O)NC(c3ccc(Cl)cc3)c3ccc(Cl)cc3)c[nH]2)CC1. The summed E-state index contributed by atoms with van der Waals surface area (Å²) in [5.41, 5.74) is -0.00245. The second kappa shape index (κ2) is 11.2. The van der Waals surface area contributed by atoms with Gasteiger partial charge in [0.2, 0.25) is 0 Å². The molecular formula is C27H25Cl2N3O5. The number of pyridine rings is 1. The Bertz CT molecular complexity index is 1320. The van der Waals surface area contributed by atoms with Crippen LogP contribution in [0.5, 0.6) is 0 Å². The van der Waals surface area contributed by atoms with Gasteiger partial charge < -0.3 is 20.4 Å². The Hall–Kier alpha value is -3.62. The van der Waals surface area contributed by atoms with Crippen LogP contribution in [-0.2, 0) is 9.53 Å². The molecule has 0 spiro atoms. The van der Waals surface area contributed by atoms with Gasteiger partial charge in [0.25, 0.3) is 11.8 Å². The average Bonchev–Trinajstić information content (AvgIpc) is 3.68. The molecule has 1 saturated carbocycles. The second-order valence-electron chi connectivity index (χ2n) is 8.82. The highest BCUT2D eigenvalue weighted by Gasteiger charge is 2.51. The minimum absolute atomic E-state index is 0.0202. The number of hydrogen-bond acceptors (Lipinski definition) is 5. The lowest BCUT2D eigenvalue weighted by Crippen LogP contribution is -2.36. The van der Waals surface area contributed by atoms with E-state index < -0.39 is 28.7 Å². The molecule has 0 atom stereocenters. The topological polar surface area (TPSA) is 117 Å². The summed E-state index contributed by atoms with van der Waals surface area (Å²) in [6.07, 6.45) is 2.46. The lowest BCUT2D eigenvalue weighted by atomic mass is 9.98. The first-order valence-corrected chi connectivity index (χ1v) is 12.5. The van der Waals surface area contributed by atoms with Crippen LogP contribution in [0.2, 0.25) is 10.0 Å².